The van der Waals surface area contributed by atoms with Crippen LogP contribution in [0.4, 0.5) is 0 Å². The summed E-state index contributed by atoms with van der Waals surface area (Å²) in [5.41, 5.74) is 0. The second-order valence-corrected chi connectivity index (χ2v) is 3.15. The Bertz CT molecular complexity index is 91.8. The Morgan fingerprint density at radius 1 is 1.22 bits per heavy atom. The van der Waals surface area contributed by atoms with Crippen LogP contribution >= 0.6 is 0 Å². The fraction of sp³-hybridized carbons (Fsp3) is 0.286. The highest BCUT2D eigenvalue weighted by atomic mass is 28.1. The second-order valence-electron chi connectivity index (χ2n) is 1.73. The van der Waals surface area contributed by atoms with Crippen molar-refractivity contribution in [3.63, 3.8) is 0 Å². The van der Waals surface area contributed by atoms with E-state index in [4.69, 9.17) is 0 Å². The molecule has 1 rings (SSSR count). The summed E-state index contributed by atoms with van der Waals surface area (Å²) in [5, 5.41) is 0. The van der Waals surface area contributed by atoms with E-state index in [9.17, 15) is 0 Å². The number of nitrogens with zero attached hydrogens (tertiary/aromatic N) is 1. The van der Waals surface area contributed by atoms with Crippen molar-refractivity contribution >= 4 is 10.2 Å². The molecule has 1 aromatic heterocycles. The van der Waals surface area contributed by atoms with E-state index < -0.39 is 0 Å². The van der Waals surface area contributed by atoms with Gasteiger partial charge in [0.05, 0.1) is 0 Å². The first-order valence-corrected chi connectivity index (χ1v) is 4.68. The average Bonchev–Trinajstić information content (AvgIpc) is 1.93. The largest absolute Gasteiger partial charge is 0.265 e. The average molecular weight is 139 g/mol. The van der Waals surface area contributed by atoms with E-state index in [0.717, 1.165) is 0 Å². The summed E-state index contributed by atoms with van der Waals surface area (Å²) >= 11 is 0. The fourth-order valence-electron chi connectivity index (χ4n) is 0.313. The van der Waals surface area contributed by atoms with E-state index in [1.807, 2.05) is 18.2 Å². The molecule has 0 aromatic carbocycles. The van der Waals surface area contributed by atoms with Crippen LogP contribution in [0.1, 0.15) is 6.92 Å². The van der Waals surface area contributed by atoms with E-state index in [1.54, 1.807) is 12.4 Å². The molecule has 0 N–H and O–H groups in total. The number of rotatable bonds is 0. The van der Waals surface area contributed by atoms with Gasteiger partial charge in [0.15, 0.2) is 0 Å². The molecule has 0 aliphatic carbocycles. The summed E-state index contributed by atoms with van der Waals surface area (Å²) in [6.45, 7) is 2.19. The normalized spacial score (nSPS) is 7.67. The van der Waals surface area contributed by atoms with Crippen LogP contribution in [0.2, 0.25) is 6.04 Å². The molecule has 1 aromatic rings. The van der Waals surface area contributed by atoms with E-state index in [1.165, 1.54) is 16.3 Å². The van der Waals surface area contributed by atoms with Crippen LogP contribution in [0.5, 0.6) is 0 Å². The van der Waals surface area contributed by atoms with Crippen molar-refractivity contribution in [3.8, 4) is 0 Å². The molecule has 0 atom stereocenters. The molecule has 0 unspecified atom stereocenters. The molecule has 0 radical (unpaired) electrons. The minimum atomic E-state index is 1.37. The van der Waals surface area contributed by atoms with Gasteiger partial charge in [-0.15, -0.1) is 0 Å². The molecule has 0 saturated carbocycles. The minimum Gasteiger partial charge on any atom is -0.265 e. The van der Waals surface area contributed by atoms with Gasteiger partial charge in [-0.3, -0.25) is 4.98 Å². The smallest absolute Gasteiger partial charge is 0.0267 e. The first kappa shape index (κ1) is 8.37. The van der Waals surface area contributed by atoms with Gasteiger partial charge >= 0.3 is 0 Å². The highest BCUT2D eigenvalue weighted by molar-refractivity contribution is 6.08. The van der Waals surface area contributed by atoms with Gasteiger partial charge in [-0.25, -0.2) is 0 Å². The lowest BCUT2D eigenvalue weighted by atomic mass is 10.5. The van der Waals surface area contributed by atoms with E-state index >= 15 is 0 Å². The van der Waals surface area contributed by atoms with Gasteiger partial charge in [0.25, 0.3) is 0 Å². The van der Waals surface area contributed by atoms with E-state index in [0.29, 0.717) is 0 Å². The van der Waals surface area contributed by atoms with Gasteiger partial charge in [0, 0.05) is 22.6 Å². The third-order valence-corrected chi connectivity index (χ3v) is 0.566. The number of pyridine rings is 1. The van der Waals surface area contributed by atoms with Crippen molar-refractivity contribution in [2.75, 3.05) is 0 Å². The highest BCUT2D eigenvalue weighted by Crippen LogP contribution is 1.73. The van der Waals surface area contributed by atoms with Crippen LogP contribution in [0.25, 0.3) is 0 Å². The first-order chi connectivity index (χ1) is 4.41. The van der Waals surface area contributed by atoms with Gasteiger partial charge in [-0.1, -0.05) is 19.0 Å². The molecule has 50 valence electrons. The van der Waals surface area contributed by atoms with Crippen LogP contribution in [0, 0.1) is 0 Å². The Labute approximate surface area is 59.6 Å². The van der Waals surface area contributed by atoms with Crippen LogP contribution in [-0.4, -0.2) is 15.2 Å². The maximum atomic E-state index is 3.78. The number of aromatic nitrogens is 1. The maximum Gasteiger partial charge on any atom is 0.0267 e. The Morgan fingerprint density at radius 2 is 1.67 bits per heavy atom. The highest BCUT2D eigenvalue weighted by Gasteiger charge is 1.58. The lowest BCUT2D eigenvalue weighted by Crippen LogP contribution is -1.58. The Kier molecular flexibility index (Phi) is 6.85. The molecule has 0 aliphatic rings. The summed E-state index contributed by atoms with van der Waals surface area (Å²) in [6, 6.07) is 7.10. The third-order valence-electron chi connectivity index (χ3n) is 0.566. The summed E-state index contributed by atoms with van der Waals surface area (Å²) < 4.78 is 0. The zero-order valence-corrected chi connectivity index (χ0v) is 8.04. The van der Waals surface area contributed by atoms with Crippen molar-refractivity contribution in [3.05, 3.63) is 30.6 Å². The van der Waals surface area contributed by atoms with E-state index in [2.05, 4.69) is 11.9 Å². The summed E-state index contributed by atoms with van der Waals surface area (Å²) in [4.78, 5) is 3.78. The molecule has 1 heterocycles. The van der Waals surface area contributed by atoms with Crippen molar-refractivity contribution in [2.24, 2.45) is 0 Å². The molecule has 0 bridgehead atoms. The molecule has 1 nitrogen and oxygen atoms in total. The number of hydrogen-bond acceptors (Lipinski definition) is 1. The number of hydrogen-bond donors (Lipinski definition) is 0. The minimum absolute atomic E-state index is 1.37. The predicted molar refractivity (Wildman–Crippen MR) is 44.7 cm³/mol. The molecular weight excluding hydrogens is 126 g/mol. The Morgan fingerprint density at radius 3 is 1.78 bits per heavy atom. The van der Waals surface area contributed by atoms with Gasteiger partial charge in [-0.2, -0.15) is 0 Å². The lowest BCUT2D eigenvalue weighted by molar-refractivity contribution is 1.33. The molecule has 9 heavy (non-hydrogen) atoms. The molecule has 2 heteroatoms. The first-order valence-electron chi connectivity index (χ1n) is 3.26. The molecule has 0 spiro atoms. The van der Waals surface area contributed by atoms with Crippen molar-refractivity contribution in [1.82, 2.24) is 4.98 Å². The fourth-order valence-corrected chi connectivity index (χ4v) is 0.313. The zero-order valence-electron chi connectivity index (χ0n) is 6.04. The van der Waals surface area contributed by atoms with Crippen molar-refractivity contribution < 1.29 is 0 Å². The van der Waals surface area contributed by atoms with E-state index in [-0.39, 0.29) is 0 Å². The predicted octanol–water partition coefficient (Wildman–Crippen LogP) is 0.872. The van der Waals surface area contributed by atoms with Crippen LogP contribution in [0.15, 0.2) is 30.6 Å². The van der Waals surface area contributed by atoms with Crippen LogP contribution in [-0.2, 0) is 0 Å². The maximum absolute atomic E-state index is 3.78. The van der Waals surface area contributed by atoms with Gasteiger partial charge in [0.2, 0.25) is 0 Å². The topological polar surface area (TPSA) is 12.9 Å². The second kappa shape index (κ2) is 7.37. The molecule has 0 aliphatic heterocycles. The van der Waals surface area contributed by atoms with Crippen LogP contribution < -0.4 is 0 Å². The van der Waals surface area contributed by atoms with Crippen molar-refractivity contribution in [1.29, 1.82) is 0 Å². The monoisotopic (exact) mass is 139 g/mol. The molecule has 0 amide bonds. The Balaban J connectivity index is 0.000000187. The van der Waals surface area contributed by atoms with Crippen molar-refractivity contribution in [2.45, 2.75) is 13.0 Å². The van der Waals surface area contributed by atoms with Crippen LogP contribution in [0.3, 0.4) is 0 Å². The lowest BCUT2D eigenvalue weighted by Gasteiger charge is -1.70. The summed E-state index contributed by atoms with van der Waals surface area (Å²) in [5.74, 6) is 0. The SMILES string of the molecule is CC[SiH3].c1ccncc1. The van der Waals surface area contributed by atoms with Gasteiger partial charge in [0.1, 0.15) is 0 Å². The molecule has 0 fully saturated rings. The molecular formula is C7H13NSi. The quantitative estimate of drug-likeness (QED) is 0.486. The Hall–Kier alpha value is -0.633. The summed E-state index contributed by atoms with van der Waals surface area (Å²) in [7, 11) is 1.37. The third kappa shape index (κ3) is 7.37. The summed E-state index contributed by atoms with van der Waals surface area (Å²) in [6.07, 6.45) is 3.50. The standard InChI is InChI=1S/C5H5N.C2H8Si/c1-2-4-6-5-3-1;1-2-3/h1-5H;2H2,1,3H3. The van der Waals surface area contributed by atoms with Gasteiger partial charge in [-0.05, 0) is 12.1 Å². The molecule has 0 saturated heterocycles. The van der Waals surface area contributed by atoms with Gasteiger partial charge < -0.3 is 0 Å². The zero-order chi connectivity index (χ0) is 6.95.